The molecule has 0 aliphatic heterocycles. The van der Waals surface area contributed by atoms with E-state index in [0.717, 1.165) is 30.4 Å². The summed E-state index contributed by atoms with van der Waals surface area (Å²) in [6, 6.07) is 5.86. The number of aryl methyl sites for hydroxylation is 1. The average molecular weight is 536 g/mol. The van der Waals surface area contributed by atoms with Crippen molar-refractivity contribution >= 4 is 5.57 Å². The highest BCUT2D eigenvalue weighted by Crippen LogP contribution is 2.76. The zero-order valence-corrected chi connectivity index (χ0v) is 25.7. The molecule has 3 N–H and O–H groups in total. The van der Waals surface area contributed by atoms with E-state index in [-0.39, 0.29) is 28.8 Å². The number of aliphatic hydroxyl groups is 1. The predicted octanol–water partition coefficient (Wildman–Crippen LogP) is 8.55. The monoisotopic (exact) mass is 535 g/mol. The van der Waals surface area contributed by atoms with E-state index >= 15 is 0 Å². The Balaban J connectivity index is 1.37. The van der Waals surface area contributed by atoms with Gasteiger partial charge >= 0.3 is 0 Å². The van der Waals surface area contributed by atoms with Crippen LogP contribution >= 0.6 is 0 Å². The van der Waals surface area contributed by atoms with Gasteiger partial charge in [0.2, 0.25) is 0 Å². The first-order chi connectivity index (χ1) is 18.2. The normalized spacial score (nSPS) is 47.3. The van der Waals surface area contributed by atoms with Gasteiger partial charge in [0, 0.05) is 12.1 Å². The van der Waals surface area contributed by atoms with Gasteiger partial charge in [-0.05, 0) is 145 Å². The standard InChI is InChI=1S/C36H54FNO/c1-22-8-9-24(20-28(22)37)26-13-15-33(5)29(32(26,3)4)14-16-35(7)30(33)11-10-27-31-25(23(2)21-39)12-17-36(31,38)19-18-34(27,35)6/h8-9,13,20,23,25,27,29-31,39H,10-12,14-19,21,38H2,1-7H3/t23?,25-,27+,29-,30+,31+,33-,34+,35+,36-/m0/s1. The van der Waals surface area contributed by atoms with Gasteiger partial charge in [-0.3, -0.25) is 0 Å². The average Bonchev–Trinajstić information content (AvgIpc) is 3.23. The molecule has 0 amide bonds. The van der Waals surface area contributed by atoms with Crippen LogP contribution in [0, 0.1) is 69.9 Å². The van der Waals surface area contributed by atoms with E-state index in [9.17, 15) is 9.50 Å². The van der Waals surface area contributed by atoms with Crippen molar-refractivity contribution in [2.24, 2.45) is 62.9 Å². The van der Waals surface area contributed by atoms with Gasteiger partial charge in [0.15, 0.2) is 0 Å². The number of benzene rings is 1. The third kappa shape index (κ3) is 3.63. The predicted molar refractivity (Wildman–Crippen MR) is 159 cm³/mol. The summed E-state index contributed by atoms with van der Waals surface area (Å²) < 4.78 is 14.6. The van der Waals surface area contributed by atoms with Crippen LogP contribution in [-0.2, 0) is 0 Å². The number of allylic oxidation sites excluding steroid dienone is 2. The molecule has 0 heterocycles. The van der Waals surface area contributed by atoms with E-state index in [1.54, 1.807) is 6.07 Å². The van der Waals surface area contributed by atoms with Gasteiger partial charge in [-0.15, -0.1) is 0 Å². The van der Waals surface area contributed by atoms with E-state index < -0.39 is 0 Å². The quantitative estimate of drug-likeness (QED) is 0.407. The molecule has 6 rings (SSSR count). The minimum Gasteiger partial charge on any atom is -0.396 e. The summed E-state index contributed by atoms with van der Waals surface area (Å²) in [6.07, 6.45) is 13.5. The maximum Gasteiger partial charge on any atom is 0.126 e. The molecule has 0 aromatic heterocycles. The van der Waals surface area contributed by atoms with E-state index in [0.29, 0.717) is 46.3 Å². The number of halogens is 1. The van der Waals surface area contributed by atoms with Crippen LogP contribution in [0.4, 0.5) is 4.39 Å². The maximum atomic E-state index is 14.6. The van der Waals surface area contributed by atoms with Crippen LogP contribution in [0.1, 0.15) is 110 Å². The molecule has 4 fully saturated rings. The van der Waals surface area contributed by atoms with Crippen molar-refractivity contribution in [3.05, 3.63) is 41.2 Å². The highest BCUT2D eigenvalue weighted by molar-refractivity contribution is 5.71. The molecule has 216 valence electrons. The van der Waals surface area contributed by atoms with Crippen LogP contribution in [0.5, 0.6) is 0 Å². The van der Waals surface area contributed by atoms with Crippen molar-refractivity contribution in [2.45, 2.75) is 112 Å². The van der Waals surface area contributed by atoms with Gasteiger partial charge in [0.05, 0.1) is 0 Å². The van der Waals surface area contributed by atoms with Crippen molar-refractivity contribution in [1.82, 2.24) is 0 Å². The number of aliphatic hydroxyl groups excluding tert-OH is 1. The molecule has 2 nitrogen and oxygen atoms in total. The second-order valence-electron chi connectivity index (χ2n) is 16.3. The molecular weight excluding hydrogens is 481 g/mol. The van der Waals surface area contributed by atoms with E-state index in [4.69, 9.17) is 5.73 Å². The number of fused-ring (bicyclic) bond motifs is 7. The molecule has 3 heteroatoms. The van der Waals surface area contributed by atoms with E-state index in [1.165, 1.54) is 44.1 Å². The number of hydrogen-bond donors (Lipinski definition) is 2. The summed E-state index contributed by atoms with van der Waals surface area (Å²) in [4.78, 5) is 0. The zero-order chi connectivity index (χ0) is 28.2. The van der Waals surface area contributed by atoms with Crippen LogP contribution in [0.25, 0.3) is 5.57 Å². The molecule has 0 bridgehead atoms. The van der Waals surface area contributed by atoms with Crippen molar-refractivity contribution < 1.29 is 9.50 Å². The summed E-state index contributed by atoms with van der Waals surface area (Å²) >= 11 is 0. The smallest absolute Gasteiger partial charge is 0.126 e. The Morgan fingerprint density at radius 1 is 0.949 bits per heavy atom. The molecule has 0 saturated heterocycles. The van der Waals surface area contributed by atoms with Gasteiger partial charge < -0.3 is 10.8 Å². The van der Waals surface area contributed by atoms with Gasteiger partial charge in [0.25, 0.3) is 0 Å². The van der Waals surface area contributed by atoms with Crippen molar-refractivity contribution in [2.75, 3.05) is 6.61 Å². The second-order valence-corrected chi connectivity index (χ2v) is 16.3. The molecule has 39 heavy (non-hydrogen) atoms. The Morgan fingerprint density at radius 2 is 1.69 bits per heavy atom. The molecule has 1 unspecified atom stereocenters. The molecule has 0 spiro atoms. The van der Waals surface area contributed by atoms with Crippen molar-refractivity contribution in [3.63, 3.8) is 0 Å². The first-order valence-corrected chi connectivity index (χ1v) is 16.1. The van der Waals surface area contributed by atoms with Crippen molar-refractivity contribution in [1.29, 1.82) is 0 Å². The highest BCUT2D eigenvalue weighted by Gasteiger charge is 2.70. The van der Waals surface area contributed by atoms with Gasteiger partial charge in [-0.2, -0.15) is 0 Å². The lowest BCUT2D eigenvalue weighted by Crippen LogP contribution is -2.67. The molecular formula is C36H54FNO. The van der Waals surface area contributed by atoms with Gasteiger partial charge in [-0.25, -0.2) is 4.39 Å². The van der Waals surface area contributed by atoms with Gasteiger partial charge in [-0.1, -0.05) is 59.8 Å². The van der Waals surface area contributed by atoms with Crippen LogP contribution in [-0.4, -0.2) is 17.3 Å². The lowest BCUT2D eigenvalue weighted by Gasteiger charge is -2.72. The van der Waals surface area contributed by atoms with Crippen LogP contribution in [0.3, 0.4) is 0 Å². The van der Waals surface area contributed by atoms with Crippen LogP contribution in [0.15, 0.2) is 24.3 Å². The fourth-order valence-corrected chi connectivity index (χ4v) is 12.3. The molecule has 1 aromatic carbocycles. The molecule has 5 aliphatic carbocycles. The minimum atomic E-state index is -0.0889. The second kappa shape index (κ2) is 8.90. The lowest BCUT2D eigenvalue weighted by molar-refractivity contribution is -0.219. The number of nitrogens with two attached hydrogens (primary N) is 1. The Kier molecular flexibility index (Phi) is 6.38. The molecule has 10 atom stereocenters. The van der Waals surface area contributed by atoms with E-state index in [2.05, 4.69) is 53.7 Å². The molecule has 4 saturated carbocycles. The summed E-state index contributed by atoms with van der Waals surface area (Å²) in [5.41, 5.74) is 11.2. The lowest BCUT2D eigenvalue weighted by atomic mass is 9.33. The maximum absolute atomic E-state index is 14.6. The summed E-state index contributed by atoms with van der Waals surface area (Å²) in [7, 11) is 0. The largest absolute Gasteiger partial charge is 0.396 e. The third-order valence-electron chi connectivity index (χ3n) is 14.6. The summed E-state index contributed by atoms with van der Waals surface area (Å²) in [5, 5.41) is 10.1. The first-order valence-electron chi connectivity index (χ1n) is 16.1. The highest BCUT2D eigenvalue weighted by atomic mass is 19.1. The Bertz CT molecular complexity index is 1170. The topological polar surface area (TPSA) is 46.2 Å². The van der Waals surface area contributed by atoms with Crippen LogP contribution in [0.2, 0.25) is 0 Å². The van der Waals surface area contributed by atoms with Crippen molar-refractivity contribution in [3.8, 4) is 0 Å². The molecule has 1 aromatic rings. The summed E-state index contributed by atoms with van der Waals surface area (Å²) in [6.45, 7) is 17.2. The fraction of sp³-hybridized carbons (Fsp3) is 0.778. The third-order valence-corrected chi connectivity index (χ3v) is 14.6. The number of hydrogen-bond acceptors (Lipinski definition) is 2. The minimum absolute atomic E-state index is 0.0138. The summed E-state index contributed by atoms with van der Waals surface area (Å²) in [5.74, 6) is 3.32. The van der Waals surface area contributed by atoms with E-state index in [1.807, 2.05) is 13.0 Å². The van der Waals surface area contributed by atoms with Gasteiger partial charge in [0.1, 0.15) is 5.82 Å². The Labute approximate surface area is 237 Å². The zero-order valence-electron chi connectivity index (χ0n) is 25.7. The fourth-order valence-electron chi connectivity index (χ4n) is 12.3. The molecule has 5 aliphatic rings. The Morgan fingerprint density at radius 3 is 2.38 bits per heavy atom. The number of rotatable bonds is 3. The molecule has 0 radical (unpaired) electrons. The van der Waals surface area contributed by atoms with Crippen LogP contribution < -0.4 is 5.73 Å². The first kappa shape index (κ1) is 28.0. The Hall–Kier alpha value is -1.19. The SMILES string of the molecule is Cc1ccc(C2=CC[C@]3(C)[C@H]4CC[C@@H]5[C@H]6[C@H](C(C)CO)CC[C@]6(N)CC[C@@]5(C)[C@]4(C)CC[C@H]3C2(C)C)cc1F.